The van der Waals surface area contributed by atoms with Gasteiger partial charge in [-0.15, -0.1) is 0 Å². The van der Waals surface area contributed by atoms with Gasteiger partial charge in [0.2, 0.25) is 5.91 Å². The van der Waals surface area contributed by atoms with Crippen LogP contribution in [-0.2, 0) is 4.79 Å². The second kappa shape index (κ2) is 4.78. The molecule has 5 heteroatoms. The number of aromatic amines is 1. The van der Waals surface area contributed by atoms with Crippen LogP contribution < -0.4 is 10.6 Å². The number of para-hydroxylation sites is 1. The summed E-state index contributed by atoms with van der Waals surface area (Å²) >= 11 is 0. The molecule has 3 rings (SSSR count). The van der Waals surface area contributed by atoms with Crippen molar-refractivity contribution in [2.24, 2.45) is 5.92 Å². The minimum absolute atomic E-state index is 0.0666. The Morgan fingerprint density at radius 1 is 1.44 bits per heavy atom. The van der Waals surface area contributed by atoms with Gasteiger partial charge in [-0.25, -0.2) is 0 Å². The summed E-state index contributed by atoms with van der Waals surface area (Å²) in [7, 11) is 0. The SMILES string of the molecule is O=C(Nc1cccc2cn[nH]c12)[C@@H]1CCCNC1. The molecular weight excluding hydrogens is 228 g/mol. The van der Waals surface area contributed by atoms with E-state index in [4.69, 9.17) is 0 Å². The summed E-state index contributed by atoms with van der Waals surface area (Å²) in [5.74, 6) is 0.154. The fourth-order valence-corrected chi connectivity index (χ4v) is 2.38. The maximum Gasteiger partial charge on any atom is 0.228 e. The van der Waals surface area contributed by atoms with Crippen molar-refractivity contribution < 1.29 is 4.79 Å². The van der Waals surface area contributed by atoms with Gasteiger partial charge in [-0.2, -0.15) is 5.10 Å². The van der Waals surface area contributed by atoms with Crippen LogP contribution in [0.4, 0.5) is 5.69 Å². The van der Waals surface area contributed by atoms with Crippen molar-refractivity contribution in [3.05, 3.63) is 24.4 Å². The molecule has 0 saturated carbocycles. The summed E-state index contributed by atoms with van der Waals surface area (Å²) in [6.45, 7) is 1.78. The molecule has 1 fully saturated rings. The van der Waals surface area contributed by atoms with E-state index >= 15 is 0 Å². The number of piperidine rings is 1. The van der Waals surface area contributed by atoms with E-state index in [0.717, 1.165) is 42.5 Å². The third-order valence-electron chi connectivity index (χ3n) is 3.40. The molecule has 2 aromatic rings. The zero-order valence-corrected chi connectivity index (χ0v) is 10.1. The van der Waals surface area contributed by atoms with E-state index in [0.29, 0.717) is 0 Å². The van der Waals surface area contributed by atoms with Crippen LogP contribution in [0.2, 0.25) is 0 Å². The zero-order chi connectivity index (χ0) is 12.4. The monoisotopic (exact) mass is 244 g/mol. The highest BCUT2D eigenvalue weighted by Gasteiger charge is 2.21. The fraction of sp³-hybridized carbons (Fsp3) is 0.385. The Bertz CT molecular complexity index is 557. The summed E-state index contributed by atoms with van der Waals surface area (Å²) in [6.07, 6.45) is 3.78. The van der Waals surface area contributed by atoms with E-state index in [1.165, 1.54) is 0 Å². The van der Waals surface area contributed by atoms with Crippen molar-refractivity contribution in [3.8, 4) is 0 Å². The van der Waals surface area contributed by atoms with Gasteiger partial charge in [-0.3, -0.25) is 9.89 Å². The van der Waals surface area contributed by atoms with E-state index in [-0.39, 0.29) is 11.8 Å². The van der Waals surface area contributed by atoms with Crippen LogP contribution >= 0.6 is 0 Å². The molecule has 1 aromatic carbocycles. The van der Waals surface area contributed by atoms with Gasteiger partial charge >= 0.3 is 0 Å². The largest absolute Gasteiger partial charge is 0.324 e. The number of amides is 1. The third-order valence-corrected chi connectivity index (χ3v) is 3.40. The van der Waals surface area contributed by atoms with Gasteiger partial charge < -0.3 is 10.6 Å². The Morgan fingerprint density at radius 3 is 3.22 bits per heavy atom. The third kappa shape index (κ3) is 2.09. The van der Waals surface area contributed by atoms with E-state index < -0.39 is 0 Å². The number of aromatic nitrogens is 2. The maximum atomic E-state index is 12.1. The molecule has 1 atom stereocenters. The van der Waals surface area contributed by atoms with Gasteiger partial charge in [0.1, 0.15) is 0 Å². The summed E-state index contributed by atoms with van der Waals surface area (Å²) in [4.78, 5) is 12.1. The Labute approximate surface area is 105 Å². The van der Waals surface area contributed by atoms with Gasteiger partial charge in [-0.1, -0.05) is 12.1 Å². The second-order valence-corrected chi connectivity index (χ2v) is 4.67. The molecule has 1 aliphatic rings. The lowest BCUT2D eigenvalue weighted by molar-refractivity contribution is -0.120. The van der Waals surface area contributed by atoms with Crippen LogP contribution in [0.25, 0.3) is 10.9 Å². The summed E-state index contributed by atoms with van der Waals surface area (Å²) in [6, 6.07) is 5.79. The molecule has 5 nitrogen and oxygen atoms in total. The summed E-state index contributed by atoms with van der Waals surface area (Å²) < 4.78 is 0. The standard InChI is InChI=1S/C13H16N4O/c18-13(10-4-2-6-14-7-10)16-11-5-1-3-9-8-15-17-12(9)11/h1,3,5,8,10,14H,2,4,6-7H2,(H,15,17)(H,16,18)/t10-/m1/s1. The highest BCUT2D eigenvalue weighted by atomic mass is 16.1. The number of rotatable bonds is 2. The molecule has 1 saturated heterocycles. The topological polar surface area (TPSA) is 69.8 Å². The molecule has 0 radical (unpaired) electrons. The molecular formula is C13H16N4O. The first-order valence-corrected chi connectivity index (χ1v) is 6.28. The van der Waals surface area contributed by atoms with Crippen molar-refractivity contribution in [2.45, 2.75) is 12.8 Å². The lowest BCUT2D eigenvalue weighted by Crippen LogP contribution is -2.37. The Hall–Kier alpha value is -1.88. The Balaban J connectivity index is 1.79. The molecule has 18 heavy (non-hydrogen) atoms. The number of carbonyl (C=O) groups excluding carboxylic acids is 1. The highest BCUT2D eigenvalue weighted by Crippen LogP contribution is 2.22. The molecule has 3 N–H and O–H groups in total. The van der Waals surface area contributed by atoms with Gasteiger partial charge in [0.05, 0.1) is 23.3 Å². The van der Waals surface area contributed by atoms with Crippen molar-refractivity contribution in [3.63, 3.8) is 0 Å². The number of anilines is 1. The van der Waals surface area contributed by atoms with Gasteiger partial charge in [-0.05, 0) is 25.5 Å². The number of hydrogen-bond donors (Lipinski definition) is 3. The molecule has 94 valence electrons. The first-order chi connectivity index (χ1) is 8.84. The number of fused-ring (bicyclic) bond motifs is 1. The summed E-state index contributed by atoms with van der Waals surface area (Å²) in [5, 5.41) is 14.2. The predicted molar refractivity (Wildman–Crippen MR) is 70.3 cm³/mol. The molecule has 1 aliphatic heterocycles. The Morgan fingerprint density at radius 2 is 2.39 bits per heavy atom. The second-order valence-electron chi connectivity index (χ2n) is 4.67. The average Bonchev–Trinajstić information content (AvgIpc) is 2.89. The van der Waals surface area contributed by atoms with Crippen molar-refractivity contribution >= 4 is 22.5 Å². The van der Waals surface area contributed by atoms with Crippen LogP contribution in [0.5, 0.6) is 0 Å². The number of carbonyl (C=O) groups is 1. The van der Waals surface area contributed by atoms with Gasteiger partial charge in [0, 0.05) is 11.9 Å². The lowest BCUT2D eigenvalue weighted by atomic mass is 9.99. The van der Waals surface area contributed by atoms with Crippen LogP contribution in [0.15, 0.2) is 24.4 Å². The quantitative estimate of drug-likeness (QED) is 0.749. The zero-order valence-electron chi connectivity index (χ0n) is 10.1. The molecule has 0 unspecified atom stereocenters. The van der Waals surface area contributed by atoms with Crippen molar-refractivity contribution in [1.82, 2.24) is 15.5 Å². The van der Waals surface area contributed by atoms with Gasteiger partial charge in [0.25, 0.3) is 0 Å². The smallest absolute Gasteiger partial charge is 0.228 e. The van der Waals surface area contributed by atoms with Gasteiger partial charge in [0.15, 0.2) is 0 Å². The van der Waals surface area contributed by atoms with E-state index in [2.05, 4.69) is 20.8 Å². The molecule has 1 aromatic heterocycles. The van der Waals surface area contributed by atoms with E-state index in [1.807, 2.05) is 18.2 Å². The predicted octanol–water partition coefficient (Wildman–Crippen LogP) is 1.50. The first-order valence-electron chi connectivity index (χ1n) is 6.28. The number of hydrogen-bond acceptors (Lipinski definition) is 3. The van der Waals surface area contributed by atoms with Crippen LogP contribution in [0.3, 0.4) is 0 Å². The normalized spacial score (nSPS) is 19.9. The fourth-order valence-electron chi connectivity index (χ4n) is 2.38. The first kappa shape index (κ1) is 11.2. The molecule has 0 aliphatic carbocycles. The number of benzene rings is 1. The molecule has 1 amide bonds. The summed E-state index contributed by atoms with van der Waals surface area (Å²) in [5.41, 5.74) is 1.69. The molecule has 0 spiro atoms. The minimum Gasteiger partial charge on any atom is -0.324 e. The number of nitrogens with zero attached hydrogens (tertiary/aromatic N) is 1. The Kier molecular flexibility index (Phi) is 2.98. The van der Waals surface area contributed by atoms with Crippen LogP contribution in [0.1, 0.15) is 12.8 Å². The average molecular weight is 244 g/mol. The number of H-pyrrole nitrogens is 1. The molecule has 2 heterocycles. The molecule has 0 bridgehead atoms. The lowest BCUT2D eigenvalue weighted by Gasteiger charge is -2.21. The maximum absolute atomic E-state index is 12.1. The van der Waals surface area contributed by atoms with Crippen molar-refractivity contribution in [1.29, 1.82) is 0 Å². The van der Waals surface area contributed by atoms with Crippen LogP contribution in [0, 0.1) is 5.92 Å². The van der Waals surface area contributed by atoms with Crippen LogP contribution in [-0.4, -0.2) is 29.2 Å². The van der Waals surface area contributed by atoms with Crippen molar-refractivity contribution in [2.75, 3.05) is 18.4 Å². The van der Waals surface area contributed by atoms with E-state index in [9.17, 15) is 4.79 Å². The number of nitrogens with one attached hydrogen (secondary N) is 3. The van der Waals surface area contributed by atoms with E-state index in [1.54, 1.807) is 6.20 Å². The highest BCUT2D eigenvalue weighted by molar-refractivity contribution is 6.01. The minimum atomic E-state index is 0.0666.